The van der Waals surface area contributed by atoms with Crippen LogP contribution < -0.4 is 15.5 Å². The van der Waals surface area contributed by atoms with Gasteiger partial charge >= 0.3 is 0 Å². The highest BCUT2D eigenvalue weighted by Crippen LogP contribution is 2.26. The van der Waals surface area contributed by atoms with Crippen LogP contribution in [0.2, 0.25) is 0 Å². The van der Waals surface area contributed by atoms with Gasteiger partial charge < -0.3 is 15.5 Å². The van der Waals surface area contributed by atoms with Crippen LogP contribution in [0, 0.1) is 11.6 Å². The second-order valence-corrected chi connectivity index (χ2v) is 6.22. The third-order valence-electron chi connectivity index (χ3n) is 4.41. The maximum atomic E-state index is 13.9. The number of aromatic nitrogens is 1. The van der Waals surface area contributed by atoms with Gasteiger partial charge in [-0.05, 0) is 30.7 Å². The lowest BCUT2D eigenvalue weighted by atomic mass is 10.2. The molecule has 1 aliphatic rings. The Hall–Kier alpha value is -1.97. The average Bonchev–Trinajstić information content (AvgIpc) is 3.09. The number of para-hydroxylation sites is 1. The molecule has 1 unspecified atom stereocenters. The lowest BCUT2D eigenvalue weighted by Crippen LogP contribution is -2.45. The molecule has 5 nitrogen and oxygen atoms in total. The summed E-state index contributed by atoms with van der Waals surface area (Å²) in [5.74, 6) is -0.367. The minimum Gasteiger partial charge on any atom is -0.365 e. The van der Waals surface area contributed by atoms with E-state index in [1.165, 1.54) is 18.2 Å². The van der Waals surface area contributed by atoms with Gasteiger partial charge in [0, 0.05) is 51.0 Å². The van der Waals surface area contributed by atoms with Crippen LogP contribution in [0.25, 0.3) is 0 Å². The lowest BCUT2D eigenvalue weighted by Gasteiger charge is -2.21. The highest BCUT2D eigenvalue weighted by molar-refractivity contribution is 14.0. The van der Waals surface area contributed by atoms with E-state index in [2.05, 4.69) is 20.6 Å². The Morgan fingerprint density at radius 3 is 2.67 bits per heavy atom. The second-order valence-electron chi connectivity index (χ2n) is 6.22. The Balaban J connectivity index is 0.00000261. The highest BCUT2D eigenvalue weighted by Gasteiger charge is 2.27. The summed E-state index contributed by atoms with van der Waals surface area (Å²) in [6, 6.07) is 9.87. The summed E-state index contributed by atoms with van der Waals surface area (Å²) in [4.78, 5) is 10.2. The van der Waals surface area contributed by atoms with E-state index in [9.17, 15) is 8.78 Å². The number of guanidine groups is 1. The first-order chi connectivity index (χ1) is 12.7. The fraction of sp³-hybridized carbons (Fsp3) is 0.368. The van der Waals surface area contributed by atoms with Crippen molar-refractivity contribution in [1.29, 1.82) is 0 Å². The minimum absolute atomic E-state index is 0. The van der Waals surface area contributed by atoms with E-state index >= 15 is 0 Å². The van der Waals surface area contributed by atoms with Crippen molar-refractivity contribution in [3.05, 3.63) is 59.9 Å². The number of nitrogens with one attached hydrogen (secondary N) is 2. The summed E-state index contributed by atoms with van der Waals surface area (Å²) in [5, 5.41) is 6.58. The summed E-state index contributed by atoms with van der Waals surface area (Å²) < 4.78 is 27.9. The van der Waals surface area contributed by atoms with Crippen molar-refractivity contribution in [3.8, 4) is 0 Å². The molecule has 1 aliphatic heterocycles. The molecule has 1 saturated heterocycles. The van der Waals surface area contributed by atoms with E-state index in [-0.39, 0.29) is 35.7 Å². The molecule has 1 aromatic carbocycles. The smallest absolute Gasteiger partial charge is 0.191 e. The van der Waals surface area contributed by atoms with Crippen molar-refractivity contribution in [1.82, 2.24) is 15.6 Å². The number of pyridine rings is 1. The summed E-state index contributed by atoms with van der Waals surface area (Å²) in [6.07, 6.45) is 3.35. The number of rotatable bonds is 5. The fourth-order valence-corrected chi connectivity index (χ4v) is 3.12. The molecule has 2 aromatic rings. The molecule has 27 heavy (non-hydrogen) atoms. The Labute approximate surface area is 175 Å². The van der Waals surface area contributed by atoms with E-state index < -0.39 is 11.6 Å². The van der Waals surface area contributed by atoms with Crippen molar-refractivity contribution in [2.45, 2.75) is 18.9 Å². The first-order valence-corrected chi connectivity index (χ1v) is 8.73. The molecule has 1 atom stereocenters. The third kappa shape index (κ3) is 5.75. The van der Waals surface area contributed by atoms with Gasteiger partial charge in [0.1, 0.15) is 17.3 Å². The molecule has 0 amide bonds. The topological polar surface area (TPSA) is 52.6 Å². The van der Waals surface area contributed by atoms with Gasteiger partial charge in [0.15, 0.2) is 5.96 Å². The van der Waals surface area contributed by atoms with Gasteiger partial charge in [-0.15, -0.1) is 24.0 Å². The quantitative estimate of drug-likeness (QED) is 0.387. The van der Waals surface area contributed by atoms with E-state index in [0.717, 1.165) is 18.5 Å². The first-order valence-electron chi connectivity index (χ1n) is 8.73. The van der Waals surface area contributed by atoms with E-state index in [1.807, 2.05) is 18.2 Å². The van der Waals surface area contributed by atoms with Crippen LogP contribution in [-0.2, 0) is 6.42 Å². The molecule has 0 aliphatic carbocycles. The molecule has 0 saturated carbocycles. The van der Waals surface area contributed by atoms with Crippen LogP contribution in [0.15, 0.2) is 47.6 Å². The number of hydrogen-bond donors (Lipinski definition) is 2. The molecule has 0 spiro atoms. The molecule has 8 heteroatoms. The van der Waals surface area contributed by atoms with Crippen LogP contribution in [0.3, 0.4) is 0 Å². The van der Waals surface area contributed by atoms with Crippen LogP contribution in [0.4, 0.5) is 14.5 Å². The summed E-state index contributed by atoms with van der Waals surface area (Å²) in [7, 11) is 1.71. The van der Waals surface area contributed by atoms with Crippen LogP contribution >= 0.6 is 24.0 Å². The summed E-state index contributed by atoms with van der Waals surface area (Å²) in [5.41, 5.74) is 1.06. The van der Waals surface area contributed by atoms with Gasteiger partial charge in [0.05, 0.1) is 0 Å². The molecule has 2 heterocycles. The number of anilines is 1. The molecule has 146 valence electrons. The predicted octanol–water partition coefficient (Wildman–Crippen LogP) is 2.96. The first kappa shape index (κ1) is 21.3. The van der Waals surface area contributed by atoms with Crippen molar-refractivity contribution in [3.63, 3.8) is 0 Å². The summed E-state index contributed by atoms with van der Waals surface area (Å²) >= 11 is 0. The Bertz CT molecular complexity index is 737. The van der Waals surface area contributed by atoms with Crippen LogP contribution in [0.1, 0.15) is 12.1 Å². The zero-order valence-corrected chi connectivity index (χ0v) is 17.5. The number of nitrogens with zero attached hydrogens (tertiary/aromatic N) is 3. The maximum absolute atomic E-state index is 13.9. The van der Waals surface area contributed by atoms with E-state index in [1.54, 1.807) is 18.1 Å². The number of hydrogen-bond acceptors (Lipinski definition) is 3. The standard InChI is InChI=1S/C19H23F2N5.HI/c1-22-19(24-11-8-14-5-2-3-10-23-14)25-15-9-12-26(13-15)18-16(20)6-4-7-17(18)21;/h2-7,10,15H,8-9,11-13H2,1H3,(H2,22,24,25);1H. The number of aliphatic imine (C=N–C) groups is 1. The fourth-order valence-electron chi connectivity index (χ4n) is 3.12. The van der Waals surface area contributed by atoms with Crippen LogP contribution in [0.5, 0.6) is 0 Å². The zero-order chi connectivity index (χ0) is 18.4. The number of benzene rings is 1. The van der Waals surface area contributed by atoms with E-state index in [0.29, 0.717) is 25.6 Å². The molecule has 3 rings (SSSR count). The molecular formula is C19H24F2IN5. The molecule has 0 bridgehead atoms. The van der Waals surface area contributed by atoms with Gasteiger partial charge in [-0.25, -0.2) is 8.78 Å². The normalized spacial score (nSPS) is 16.8. The van der Waals surface area contributed by atoms with Crippen molar-refractivity contribution >= 4 is 35.6 Å². The highest BCUT2D eigenvalue weighted by atomic mass is 127. The molecule has 1 aromatic heterocycles. The monoisotopic (exact) mass is 487 g/mol. The summed E-state index contributed by atoms with van der Waals surface area (Å²) in [6.45, 7) is 1.83. The zero-order valence-electron chi connectivity index (χ0n) is 15.2. The Morgan fingerprint density at radius 1 is 1.22 bits per heavy atom. The number of halogens is 3. The van der Waals surface area contributed by atoms with Gasteiger partial charge in [-0.2, -0.15) is 0 Å². The largest absolute Gasteiger partial charge is 0.365 e. The molecule has 1 fully saturated rings. The third-order valence-corrected chi connectivity index (χ3v) is 4.41. The van der Waals surface area contributed by atoms with Crippen molar-refractivity contribution in [2.24, 2.45) is 4.99 Å². The molecule has 2 N–H and O–H groups in total. The van der Waals surface area contributed by atoms with Gasteiger partial charge in [-0.1, -0.05) is 12.1 Å². The average molecular weight is 487 g/mol. The van der Waals surface area contributed by atoms with Gasteiger partial charge in [-0.3, -0.25) is 9.98 Å². The lowest BCUT2D eigenvalue weighted by molar-refractivity contribution is 0.576. The van der Waals surface area contributed by atoms with Gasteiger partial charge in [0.2, 0.25) is 0 Å². The van der Waals surface area contributed by atoms with Gasteiger partial charge in [0.25, 0.3) is 0 Å². The molecular weight excluding hydrogens is 463 g/mol. The second kappa shape index (κ2) is 10.4. The van der Waals surface area contributed by atoms with E-state index in [4.69, 9.17) is 0 Å². The van der Waals surface area contributed by atoms with Crippen molar-refractivity contribution < 1.29 is 8.78 Å². The predicted molar refractivity (Wildman–Crippen MR) is 115 cm³/mol. The SMILES string of the molecule is CN=C(NCCc1ccccn1)NC1CCN(c2c(F)cccc2F)C1.I. The molecule has 0 radical (unpaired) electrons. The minimum atomic E-state index is -0.525. The van der Waals surface area contributed by atoms with Crippen LogP contribution in [-0.4, -0.2) is 43.7 Å². The Kier molecular flexibility index (Phi) is 8.21. The Morgan fingerprint density at radius 2 is 2.00 bits per heavy atom. The van der Waals surface area contributed by atoms with Crippen molar-refractivity contribution in [2.75, 3.05) is 31.6 Å². The maximum Gasteiger partial charge on any atom is 0.191 e.